The molecule has 0 heterocycles. The van der Waals surface area contributed by atoms with Crippen molar-refractivity contribution in [1.29, 1.82) is 0 Å². The van der Waals surface area contributed by atoms with Crippen molar-refractivity contribution in [1.82, 2.24) is 10.2 Å². The van der Waals surface area contributed by atoms with Gasteiger partial charge in [0.25, 0.3) is 10.0 Å². The van der Waals surface area contributed by atoms with Gasteiger partial charge < -0.3 is 19.7 Å². The third-order valence-electron chi connectivity index (χ3n) is 6.40. The number of rotatable bonds is 12. The lowest BCUT2D eigenvalue weighted by molar-refractivity contribution is -0.139. The van der Waals surface area contributed by atoms with Crippen LogP contribution >= 0.6 is 0 Å². The highest BCUT2D eigenvalue weighted by Gasteiger charge is 2.33. The summed E-state index contributed by atoms with van der Waals surface area (Å²) in [6.07, 6.45) is 0. The van der Waals surface area contributed by atoms with Crippen molar-refractivity contribution in [2.24, 2.45) is 0 Å². The minimum Gasteiger partial charge on any atom is -0.497 e. The summed E-state index contributed by atoms with van der Waals surface area (Å²) in [7, 11) is -1.31. The Morgan fingerprint density at radius 3 is 2.18 bits per heavy atom. The molecule has 0 saturated carbocycles. The van der Waals surface area contributed by atoms with Gasteiger partial charge in [0.05, 0.1) is 24.8 Å². The molecule has 10 heteroatoms. The lowest BCUT2D eigenvalue weighted by Crippen LogP contribution is -2.51. The molecule has 0 aromatic heterocycles. The number of para-hydroxylation sites is 2. The quantitative estimate of drug-likeness (QED) is 0.366. The summed E-state index contributed by atoms with van der Waals surface area (Å²) in [4.78, 5) is 28.2. The van der Waals surface area contributed by atoms with Crippen molar-refractivity contribution in [3.63, 3.8) is 0 Å². The smallest absolute Gasteiger partial charge is 0.264 e. The number of methoxy groups -OCH3 is 2. The topological polar surface area (TPSA) is 105 Å². The highest BCUT2D eigenvalue weighted by molar-refractivity contribution is 7.92. The Labute approximate surface area is 230 Å². The maximum absolute atomic E-state index is 14.0. The number of ether oxygens (including phenoxy) is 2. The first-order valence-corrected chi connectivity index (χ1v) is 14.0. The normalized spacial score (nSPS) is 11.8. The SMILES string of the molecule is CCNC(=O)[C@H](C)N(Cc1ccccc1C)C(=O)CN(c1ccccc1OC)S(=O)(=O)c1ccc(OC)cc1. The molecule has 0 unspecified atom stereocenters. The fourth-order valence-corrected chi connectivity index (χ4v) is 5.52. The first kappa shape index (κ1) is 29.5. The molecule has 9 nitrogen and oxygen atoms in total. The summed E-state index contributed by atoms with van der Waals surface area (Å²) in [5.41, 5.74) is 2.00. The number of nitrogens with one attached hydrogen (secondary N) is 1. The number of anilines is 1. The van der Waals surface area contributed by atoms with Gasteiger partial charge >= 0.3 is 0 Å². The van der Waals surface area contributed by atoms with Gasteiger partial charge in [-0.15, -0.1) is 0 Å². The molecule has 3 rings (SSSR count). The van der Waals surface area contributed by atoms with E-state index in [4.69, 9.17) is 9.47 Å². The highest BCUT2D eigenvalue weighted by atomic mass is 32.2. The average Bonchev–Trinajstić information content (AvgIpc) is 2.95. The molecule has 0 aliphatic heterocycles. The molecule has 3 aromatic rings. The number of amides is 2. The third kappa shape index (κ3) is 6.88. The van der Waals surface area contributed by atoms with Gasteiger partial charge in [0.2, 0.25) is 11.8 Å². The van der Waals surface area contributed by atoms with Crippen LogP contribution < -0.4 is 19.1 Å². The van der Waals surface area contributed by atoms with Gasteiger partial charge in [-0.25, -0.2) is 8.42 Å². The van der Waals surface area contributed by atoms with E-state index in [1.807, 2.05) is 31.2 Å². The fourth-order valence-electron chi connectivity index (χ4n) is 4.10. The Kier molecular flexibility index (Phi) is 9.95. The van der Waals surface area contributed by atoms with E-state index in [1.165, 1.54) is 43.4 Å². The third-order valence-corrected chi connectivity index (χ3v) is 8.17. The summed E-state index contributed by atoms with van der Waals surface area (Å²) in [6.45, 7) is 5.32. The molecule has 3 aromatic carbocycles. The zero-order valence-corrected chi connectivity index (χ0v) is 23.7. The second-order valence-electron chi connectivity index (χ2n) is 8.88. The van der Waals surface area contributed by atoms with Gasteiger partial charge in [-0.3, -0.25) is 13.9 Å². The van der Waals surface area contributed by atoms with E-state index in [1.54, 1.807) is 38.1 Å². The standard InChI is InChI=1S/C29H35N3O6S/c1-6-30-29(34)22(3)31(19-23-12-8-7-11-21(23)2)28(33)20-32(26-13-9-10-14-27(26)38-5)39(35,36)25-17-15-24(37-4)16-18-25/h7-18,22H,6,19-20H2,1-5H3,(H,30,34)/t22-/m0/s1. The van der Waals surface area contributed by atoms with Crippen LogP contribution in [-0.2, 0) is 26.2 Å². The van der Waals surface area contributed by atoms with E-state index < -0.39 is 28.5 Å². The summed E-state index contributed by atoms with van der Waals surface area (Å²) >= 11 is 0. The van der Waals surface area contributed by atoms with E-state index in [2.05, 4.69) is 5.32 Å². The first-order chi connectivity index (χ1) is 18.6. The van der Waals surface area contributed by atoms with Crippen molar-refractivity contribution >= 4 is 27.5 Å². The van der Waals surface area contributed by atoms with Gasteiger partial charge in [-0.05, 0) is 68.3 Å². The zero-order chi connectivity index (χ0) is 28.6. The second kappa shape index (κ2) is 13.1. The number of benzene rings is 3. The van der Waals surface area contributed by atoms with Gasteiger partial charge in [0.1, 0.15) is 24.1 Å². The molecule has 0 saturated heterocycles. The second-order valence-corrected chi connectivity index (χ2v) is 10.7. The number of likely N-dealkylation sites (N-methyl/N-ethyl adjacent to an activating group) is 1. The van der Waals surface area contributed by atoms with Crippen molar-refractivity contribution in [3.8, 4) is 11.5 Å². The molecule has 1 N–H and O–H groups in total. The molecular formula is C29H35N3O6S. The van der Waals surface area contributed by atoms with Gasteiger partial charge in [-0.1, -0.05) is 36.4 Å². The monoisotopic (exact) mass is 553 g/mol. The Morgan fingerprint density at radius 1 is 0.923 bits per heavy atom. The van der Waals surface area contributed by atoms with Crippen LogP contribution in [0.1, 0.15) is 25.0 Å². The summed E-state index contributed by atoms with van der Waals surface area (Å²) in [6, 6.07) is 19.2. The van der Waals surface area contributed by atoms with E-state index >= 15 is 0 Å². The number of nitrogens with zero attached hydrogens (tertiary/aromatic N) is 2. The van der Waals surface area contributed by atoms with Crippen LogP contribution in [0.4, 0.5) is 5.69 Å². The van der Waals surface area contributed by atoms with Crippen LogP contribution in [0.2, 0.25) is 0 Å². The average molecular weight is 554 g/mol. The molecule has 0 bridgehead atoms. The van der Waals surface area contributed by atoms with E-state index in [0.717, 1.165) is 15.4 Å². The number of aryl methyl sites for hydroxylation is 1. The van der Waals surface area contributed by atoms with Crippen LogP contribution in [0.3, 0.4) is 0 Å². The lowest BCUT2D eigenvalue weighted by atomic mass is 10.1. The van der Waals surface area contributed by atoms with Crippen molar-refractivity contribution in [2.45, 2.75) is 38.3 Å². The van der Waals surface area contributed by atoms with Gasteiger partial charge in [0, 0.05) is 13.1 Å². The molecule has 0 aliphatic carbocycles. The number of carbonyl (C=O) groups excluding carboxylic acids is 2. The predicted molar refractivity (Wildman–Crippen MR) is 150 cm³/mol. The molecule has 0 aliphatic rings. The van der Waals surface area contributed by atoms with Crippen LogP contribution in [-0.4, -0.2) is 58.5 Å². The summed E-state index contributed by atoms with van der Waals surface area (Å²) < 4.78 is 39.5. The molecular weight excluding hydrogens is 518 g/mol. The lowest BCUT2D eigenvalue weighted by Gasteiger charge is -2.32. The summed E-state index contributed by atoms with van der Waals surface area (Å²) in [5, 5.41) is 2.75. The van der Waals surface area contributed by atoms with E-state index in [-0.39, 0.29) is 28.8 Å². The Morgan fingerprint density at radius 2 is 1.56 bits per heavy atom. The minimum atomic E-state index is -4.23. The van der Waals surface area contributed by atoms with Gasteiger partial charge in [0.15, 0.2) is 0 Å². The van der Waals surface area contributed by atoms with Crippen LogP contribution in [0, 0.1) is 6.92 Å². The number of hydrogen-bond donors (Lipinski definition) is 1. The fraction of sp³-hybridized carbons (Fsp3) is 0.310. The largest absolute Gasteiger partial charge is 0.497 e. The predicted octanol–water partition coefficient (Wildman–Crippen LogP) is 3.76. The number of carbonyl (C=O) groups is 2. The van der Waals surface area contributed by atoms with E-state index in [0.29, 0.717) is 12.3 Å². The Balaban J connectivity index is 2.08. The number of hydrogen-bond acceptors (Lipinski definition) is 6. The van der Waals surface area contributed by atoms with Crippen molar-refractivity contribution < 1.29 is 27.5 Å². The van der Waals surface area contributed by atoms with Crippen molar-refractivity contribution in [3.05, 3.63) is 83.9 Å². The first-order valence-electron chi connectivity index (χ1n) is 12.6. The highest BCUT2D eigenvalue weighted by Crippen LogP contribution is 2.33. The van der Waals surface area contributed by atoms with Crippen molar-refractivity contribution in [2.75, 3.05) is 31.6 Å². The minimum absolute atomic E-state index is 0.0239. The maximum Gasteiger partial charge on any atom is 0.264 e. The van der Waals surface area contributed by atoms with Crippen LogP contribution in [0.15, 0.2) is 77.7 Å². The zero-order valence-electron chi connectivity index (χ0n) is 22.9. The van der Waals surface area contributed by atoms with Crippen LogP contribution in [0.5, 0.6) is 11.5 Å². The molecule has 0 radical (unpaired) electrons. The molecule has 2 amide bonds. The molecule has 208 valence electrons. The molecule has 0 fully saturated rings. The van der Waals surface area contributed by atoms with E-state index in [9.17, 15) is 18.0 Å². The van der Waals surface area contributed by atoms with Crippen LogP contribution in [0.25, 0.3) is 0 Å². The Bertz CT molecular complexity index is 1390. The number of sulfonamides is 1. The van der Waals surface area contributed by atoms with Gasteiger partial charge in [-0.2, -0.15) is 0 Å². The molecule has 0 spiro atoms. The summed E-state index contributed by atoms with van der Waals surface area (Å²) in [5.74, 6) is -0.0973. The molecule has 1 atom stereocenters. The Hall–Kier alpha value is -4.05. The molecule has 39 heavy (non-hydrogen) atoms. The maximum atomic E-state index is 14.0.